The molecular weight excluding hydrogens is 231 g/mol. The Morgan fingerprint density at radius 2 is 2.00 bits per heavy atom. The van der Waals surface area contributed by atoms with Crippen molar-refractivity contribution in [2.24, 2.45) is 0 Å². The third-order valence-corrected chi connectivity index (χ3v) is 2.87. The Balaban J connectivity index is 2.62. The second-order valence-electron chi connectivity index (χ2n) is 5.24. The molecule has 0 radical (unpaired) electrons. The summed E-state index contributed by atoms with van der Waals surface area (Å²) in [5.74, 6) is 0.322. The normalized spacial score (nSPS) is 11.6. The average Bonchev–Trinajstić information content (AvgIpc) is 2.77. The molecule has 1 aromatic carbocycles. The summed E-state index contributed by atoms with van der Waals surface area (Å²) in [5, 5.41) is 7.08. The molecule has 1 N–H and O–H groups in total. The molecule has 0 atom stereocenters. The lowest BCUT2D eigenvalue weighted by molar-refractivity contribution is 0.415. The molecule has 0 amide bonds. The smallest absolute Gasteiger partial charge is 0.128 e. The number of aromatic nitrogens is 2. The van der Waals surface area contributed by atoms with E-state index in [0.29, 0.717) is 11.3 Å². The molecule has 0 saturated heterocycles. The second-order valence-corrected chi connectivity index (χ2v) is 5.24. The topological polar surface area (TPSA) is 37.9 Å². The maximum Gasteiger partial charge on any atom is 0.128 e. The fourth-order valence-corrected chi connectivity index (χ4v) is 1.93. The van der Waals surface area contributed by atoms with Crippen LogP contribution in [0.4, 0.5) is 4.39 Å². The van der Waals surface area contributed by atoms with Crippen molar-refractivity contribution in [1.29, 1.82) is 0 Å². The zero-order valence-electron chi connectivity index (χ0n) is 11.0. The number of hydrogen-bond acceptors (Lipinski definition) is 2. The fraction of sp³-hybridized carbons (Fsp3) is 0.357. The highest BCUT2D eigenvalue weighted by Gasteiger charge is 2.23. The van der Waals surface area contributed by atoms with Gasteiger partial charge in [0.15, 0.2) is 0 Å². The number of hydrogen-bond donors (Lipinski definition) is 1. The van der Waals surface area contributed by atoms with E-state index in [0.717, 1.165) is 11.3 Å². The number of nitrogens with one attached hydrogen (secondary N) is 1. The van der Waals surface area contributed by atoms with Gasteiger partial charge in [-0.15, -0.1) is 0 Å². The summed E-state index contributed by atoms with van der Waals surface area (Å²) < 4.78 is 18.7. The van der Waals surface area contributed by atoms with Crippen LogP contribution in [0.5, 0.6) is 5.75 Å². The molecule has 2 rings (SSSR count). The van der Waals surface area contributed by atoms with Crippen molar-refractivity contribution in [2.75, 3.05) is 7.11 Å². The third kappa shape index (κ3) is 2.23. The summed E-state index contributed by atoms with van der Waals surface area (Å²) in [7, 11) is 1.57. The van der Waals surface area contributed by atoms with Gasteiger partial charge in [0.05, 0.1) is 12.8 Å². The number of nitrogens with zero attached hydrogens (tertiary/aromatic N) is 1. The van der Waals surface area contributed by atoms with E-state index >= 15 is 0 Å². The highest BCUT2D eigenvalue weighted by atomic mass is 19.1. The van der Waals surface area contributed by atoms with Gasteiger partial charge in [-0.3, -0.25) is 5.10 Å². The van der Waals surface area contributed by atoms with Gasteiger partial charge in [-0.25, -0.2) is 4.39 Å². The van der Waals surface area contributed by atoms with Gasteiger partial charge in [-0.2, -0.15) is 5.10 Å². The summed E-state index contributed by atoms with van der Waals surface area (Å²) in [4.78, 5) is 0. The van der Waals surface area contributed by atoms with Crippen molar-refractivity contribution in [1.82, 2.24) is 10.2 Å². The van der Waals surface area contributed by atoms with Gasteiger partial charge in [-0.05, 0) is 23.6 Å². The first-order valence-corrected chi connectivity index (χ1v) is 5.81. The van der Waals surface area contributed by atoms with E-state index in [1.54, 1.807) is 13.2 Å². The Bertz CT molecular complexity index is 555. The van der Waals surface area contributed by atoms with Gasteiger partial charge < -0.3 is 4.74 Å². The molecule has 0 bridgehead atoms. The minimum atomic E-state index is -0.298. The highest BCUT2D eigenvalue weighted by molar-refractivity contribution is 5.70. The number of rotatable bonds is 2. The average molecular weight is 248 g/mol. The molecule has 0 saturated carbocycles. The summed E-state index contributed by atoms with van der Waals surface area (Å²) in [6.45, 7) is 6.27. The molecule has 0 unspecified atom stereocenters. The van der Waals surface area contributed by atoms with Crippen molar-refractivity contribution in [3.8, 4) is 17.0 Å². The third-order valence-electron chi connectivity index (χ3n) is 2.87. The Morgan fingerprint density at radius 1 is 1.28 bits per heavy atom. The van der Waals surface area contributed by atoms with E-state index in [9.17, 15) is 4.39 Å². The molecule has 0 aliphatic rings. The molecule has 96 valence electrons. The lowest BCUT2D eigenvalue weighted by atomic mass is 9.85. The molecule has 1 heterocycles. The van der Waals surface area contributed by atoms with E-state index < -0.39 is 0 Å². The fourth-order valence-electron chi connectivity index (χ4n) is 1.93. The summed E-state index contributed by atoms with van der Waals surface area (Å²) in [6, 6.07) is 4.45. The predicted octanol–water partition coefficient (Wildman–Crippen LogP) is 3.52. The number of aromatic amines is 1. The number of ether oxygens (including phenoxy) is 1. The molecule has 0 aliphatic carbocycles. The van der Waals surface area contributed by atoms with E-state index in [4.69, 9.17) is 4.74 Å². The van der Waals surface area contributed by atoms with E-state index in [2.05, 4.69) is 31.0 Å². The van der Waals surface area contributed by atoms with Gasteiger partial charge in [0.2, 0.25) is 0 Å². The van der Waals surface area contributed by atoms with Crippen molar-refractivity contribution in [2.45, 2.75) is 26.2 Å². The highest BCUT2D eigenvalue weighted by Crippen LogP contribution is 2.36. The molecule has 0 fully saturated rings. The molecule has 0 spiro atoms. The lowest BCUT2D eigenvalue weighted by Gasteiger charge is -2.19. The number of benzene rings is 1. The van der Waals surface area contributed by atoms with Crippen LogP contribution in [-0.2, 0) is 5.41 Å². The molecule has 0 aliphatic heterocycles. The van der Waals surface area contributed by atoms with Crippen LogP contribution in [0.3, 0.4) is 0 Å². The van der Waals surface area contributed by atoms with Crippen molar-refractivity contribution in [3.05, 3.63) is 35.8 Å². The first-order chi connectivity index (χ1) is 8.43. The van der Waals surface area contributed by atoms with Crippen LogP contribution in [0.2, 0.25) is 0 Å². The van der Waals surface area contributed by atoms with Crippen LogP contribution in [0.1, 0.15) is 26.3 Å². The van der Waals surface area contributed by atoms with E-state index in [1.165, 1.54) is 12.1 Å². The van der Waals surface area contributed by atoms with Gasteiger partial charge in [0.25, 0.3) is 0 Å². The van der Waals surface area contributed by atoms with Crippen molar-refractivity contribution in [3.63, 3.8) is 0 Å². The minimum Gasteiger partial charge on any atom is -0.496 e. The summed E-state index contributed by atoms with van der Waals surface area (Å²) >= 11 is 0. The minimum absolute atomic E-state index is 0.0698. The SMILES string of the molecule is COc1ccc(F)cc1-c1n[nH]cc1C(C)(C)C. The maximum absolute atomic E-state index is 13.4. The lowest BCUT2D eigenvalue weighted by Crippen LogP contribution is -2.11. The van der Waals surface area contributed by atoms with Gasteiger partial charge in [-0.1, -0.05) is 20.8 Å². The second kappa shape index (κ2) is 4.44. The number of halogens is 1. The Labute approximate surface area is 106 Å². The van der Waals surface area contributed by atoms with Crippen LogP contribution in [0.25, 0.3) is 11.3 Å². The number of methoxy groups -OCH3 is 1. The monoisotopic (exact) mass is 248 g/mol. The van der Waals surface area contributed by atoms with Gasteiger partial charge >= 0.3 is 0 Å². The first kappa shape index (κ1) is 12.6. The van der Waals surface area contributed by atoms with E-state index in [1.807, 2.05) is 6.20 Å². The Kier molecular flexibility index (Phi) is 3.11. The molecule has 1 aromatic heterocycles. The molecule has 4 heteroatoms. The van der Waals surface area contributed by atoms with Crippen LogP contribution in [0, 0.1) is 5.82 Å². The molecule has 2 aromatic rings. The number of H-pyrrole nitrogens is 1. The largest absolute Gasteiger partial charge is 0.496 e. The molecule has 3 nitrogen and oxygen atoms in total. The Morgan fingerprint density at radius 3 is 2.61 bits per heavy atom. The predicted molar refractivity (Wildman–Crippen MR) is 69.2 cm³/mol. The van der Waals surface area contributed by atoms with Crippen molar-refractivity contribution < 1.29 is 9.13 Å². The first-order valence-electron chi connectivity index (χ1n) is 5.81. The van der Waals surface area contributed by atoms with Crippen LogP contribution >= 0.6 is 0 Å². The van der Waals surface area contributed by atoms with E-state index in [-0.39, 0.29) is 11.2 Å². The van der Waals surface area contributed by atoms with Crippen molar-refractivity contribution >= 4 is 0 Å². The maximum atomic E-state index is 13.4. The molecular formula is C14H17FN2O. The Hall–Kier alpha value is -1.84. The standard InChI is InChI=1S/C14H17FN2O/c1-14(2,3)11-8-16-17-13(11)10-7-9(15)5-6-12(10)18-4/h5-8H,1-4H3,(H,16,17). The zero-order valence-corrected chi connectivity index (χ0v) is 11.0. The van der Waals surface area contributed by atoms with Crippen LogP contribution < -0.4 is 4.74 Å². The van der Waals surface area contributed by atoms with Crippen LogP contribution in [-0.4, -0.2) is 17.3 Å². The van der Waals surface area contributed by atoms with Gasteiger partial charge in [0, 0.05) is 17.3 Å². The summed E-state index contributed by atoms with van der Waals surface area (Å²) in [5.41, 5.74) is 2.37. The summed E-state index contributed by atoms with van der Waals surface area (Å²) in [6.07, 6.45) is 1.85. The zero-order chi connectivity index (χ0) is 13.3. The van der Waals surface area contributed by atoms with Crippen LogP contribution in [0.15, 0.2) is 24.4 Å². The quantitative estimate of drug-likeness (QED) is 0.883. The van der Waals surface area contributed by atoms with Gasteiger partial charge in [0.1, 0.15) is 11.6 Å². The molecule has 18 heavy (non-hydrogen) atoms.